The van der Waals surface area contributed by atoms with Crippen molar-refractivity contribution >= 4 is 29.0 Å². The Hall–Kier alpha value is -3.06. The first-order valence-electron chi connectivity index (χ1n) is 11.2. The number of nitrogens with zero attached hydrogens (tertiary/aromatic N) is 1. The van der Waals surface area contributed by atoms with Gasteiger partial charge in [0.25, 0.3) is 5.91 Å². The molecule has 2 aromatic carbocycles. The van der Waals surface area contributed by atoms with Crippen molar-refractivity contribution in [1.82, 2.24) is 5.32 Å². The summed E-state index contributed by atoms with van der Waals surface area (Å²) in [6, 6.07) is 14.5. The summed E-state index contributed by atoms with van der Waals surface area (Å²) in [5.74, 6) is -0.0967. The minimum Gasteiger partial charge on any atom is -0.371 e. The van der Waals surface area contributed by atoms with Crippen LogP contribution in [0, 0.1) is 0 Å². The van der Waals surface area contributed by atoms with E-state index >= 15 is 0 Å². The lowest BCUT2D eigenvalue weighted by molar-refractivity contribution is -0.895. The maximum atomic E-state index is 13.0. The Bertz CT molecular complexity index is 862. The molecule has 7 nitrogen and oxygen atoms in total. The van der Waals surface area contributed by atoms with Crippen LogP contribution < -0.4 is 25.8 Å². The van der Waals surface area contributed by atoms with E-state index in [0.29, 0.717) is 23.5 Å². The van der Waals surface area contributed by atoms with E-state index in [2.05, 4.69) is 34.7 Å². The zero-order chi connectivity index (χ0) is 22.1. The average Bonchev–Trinajstić information content (AvgIpc) is 3.32. The molecular weight excluding hydrogens is 390 g/mol. The normalized spacial score (nSPS) is 13.3. The highest BCUT2D eigenvalue weighted by molar-refractivity contribution is 6.04. The first-order chi connectivity index (χ1) is 15.1. The van der Waals surface area contributed by atoms with Crippen molar-refractivity contribution in [3.8, 4) is 0 Å². The van der Waals surface area contributed by atoms with Gasteiger partial charge in [-0.05, 0) is 57.0 Å². The maximum Gasteiger partial charge on any atom is 0.323 e. The number of urea groups is 1. The summed E-state index contributed by atoms with van der Waals surface area (Å²) < 4.78 is 0. The summed E-state index contributed by atoms with van der Waals surface area (Å²) in [6.07, 6.45) is 2.26. The molecule has 3 amide bonds. The number of carbonyl (C=O) groups is 2. The summed E-state index contributed by atoms with van der Waals surface area (Å²) in [7, 11) is 0. The van der Waals surface area contributed by atoms with Crippen LogP contribution in [0.5, 0.6) is 0 Å². The van der Waals surface area contributed by atoms with E-state index in [4.69, 9.17) is 0 Å². The second-order valence-corrected chi connectivity index (χ2v) is 7.83. The molecule has 0 aromatic heterocycles. The van der Waals surface area contributed by atoms with Gasteiger partial charge in [0, 0.05) is 30.2 Å². The van der Waals surface area contributed by atoms with Crippen LogP contribution in [-0.4, -0.2) is 51.2 Å². The first-order valence-corrected chi connectivity index (χ1v) is 11.2. The van der Waals surface area contributed by atoms with Gasteiger partial charge in [-0.3, -0.25) is 4.79 Å². The number of hydrogen-bond donors (Lipinski definition) is 4. The molecule has 1 aliphatic rings. The lowest BCUT2D eigenvalue weighted by Crippen LogP contribution is -3.12. The van der Waals surface area contributed by atoms with Crippen LogP contribution in [0.2, 0.25) is 0 Å². The third-order valence-corrected chi connectivity index (χ3v) is 5.74. The van der Waals surface area contributed by atoms with Gasteiger partial charge in [0.05, 0.1) is 31.7 Å². The van der Waals surface area contributed by atoms with Crippen LogP contribution in [0.1, 0.15) is 37.0 Å². The molecule has 1 fully saturated rings. The maximum absolute atomic E-state index is 13.0. The van der Waals surface area contributed by atoms with Gasteiger partial charge < -0.3 is 25.8 Å². The molecule has 4 N–H and O–H groups in total. The van der Waals surface area contributed by atoms with Crippen molar-refractivity contribution < 1.29 is 14.5 Å². The van der Waals surface area contributed by atoms with Crippen LogP contribution in [0.15, 0.2) is 48.5 Å². The Labute approximate surface area is 184 Å². The van der Waals surface area contributed by atoms with Crippen LogP contribution in [-0.2, 0) is 0 Å². The largest absolute Gasteiger partial charge is 0.371 e. The number of amides is 3. The van der Waals surface area contributed by atoms with E-state index in [-0.39, 0.29) is 11.9 Å². The van der Waals surface area contributed by atoms with Crippen LogP contribution in [0.25, 0.3) is 0 Å². The number of rotatable bonds is 9. The van der Waals surface area contributed by atoms with E-state index in [9.17, 15) is 9.59 Å². The number of quaternary nitrogens is 1. The quantitative estimate of drug-likeness (QED) is 0.500. The van der Waals surface area contributed by atoms with E-state index in [1.54, 1.807) is 6.07 Å². The Morgan fingerprint density at radius 3 is 2.29 bits per heavy atom. The molecule has 166 valence electrons. The van der Waals surface area contributed by atoms with Crippen molar-refractivity contribution in [2.75, 3.05) is 54.8 Å². The Morgan fingerprint density at radius 2 is 1.61 bits per heavy atom. The molecule has 7 heteroatoms. The summed E-state index contributed by atoms with van der Waals surface area (Å²) in [6.45, 7) is 9.82. The predicted molar refractivity (Wildman–Crippen MR) is 126 cm³/mol. The fraction of sp³-hybridized carbons (Fsp3) is 0.417. The van der Waals surface area contributed by atoms with E-state index in [0.717, 1.165) is 51.3 Å². The number of carbonyl (C=O) groups excluding carboxylic acids is 2. The molecule has 3 rings (SSSR count). The van der Waals surface area contributed by atoms with Gasteiger partial charge in [0.15, 0.2) is 0 Å². The number of benzene rings is 2. The fourth-order valence-electron chi connectivity index (χ4n) is 3.90. The molecule has 0 bridgehead atoms. The molecule has 0 radical (unpaired) electrons. The third kappa shape index (κ3) is 6.46. The Balaban J connectivity index is 1.71. The number of likely N-dealkylation sites (N-methyl/N-ethyl adjacent to an activating group) is 1. The van der Waals surface area contributed by atoms with Gasteiger partial charge in [0.2, 0.25) is 0 Å². The zero-order valence-electron chi connectivity index (χ0n) is 18.5. The summed E-state index contributed by atoms with van der Waals surface area (Å²) >= 11 is 0. The molecule has 1 aliphatic heterocycles. The van der Waals surface area contributed by atoms with Crippen LogP contribution in [0.4, 0.5) is 21.9 Å². The van der Waals surface area contributed by atoms with Gasteiger partial charge >= 0.3 is 6.03 Å². The molecule has 31 heavy (non-hydrogen) atoms. The highest BCUT2D eigenvalue weighted by atomic mass is 16.2. The molecule has 0 spiro atoms. The molecule has 0 aliphatic carbocycles. The van der Waals surface area contributed by atoms with Crippen molar-refractivity contribution in [2.24, 2.45) is 0 Å². The number of para-hydroxylation sites is 1. The second kappa shape index (κ2) is 11.4. The Kier molecular flexibility index (Phi) is 8.29. The van der Waals surface area contributed by atoms with Gasteiger partial charge in [0.1, 0.15) is 0 Å². The number of hydrogen-bond acceptors (Lipinski definition) is 3. The van der Waals surface area contributed by atoms with Crippen molar-refractivity contribution in [3.05, 3.63) is 54.1 Å². The van der Waals surface area contributed by atoms with Crippen molar-refractivity contribution in [3.63, 3.8) is 0 Å². The van der Waals surface area contributed by atoms with Gasteiger partial charge in [-0.1, -0.05) is 18.2 Å². The third-order valence-electron chi connectivity index (χ3n) is 5.74. The lowest BCUT2D eigenvalue weighted by atomic mass is 10.1. The zero-order valence-corrected chi connectivity index (χ0v) is 18.5. The predicted octanol–water partition coefficient (Wildman–Crippen LogP) is 2.59. The van der Waals surface area contributed by atoms with Gasteiger partial charge in [-0.2, -0.15) is 0 Å². The molecule has 0 unspecified atom stereocenters. The summed E-state index contributed by atoms with van der Waals surface area (Å²) in [5.41, 5.74) is 2.84. The lowest BCUT2D eigenvalue weighted by Gasteiger charge is -2.22. The van der Waals surface area contributed by atoms with E-state index in [1.807, 2.05) is 42.5 Å². The smallest absolute Gasteiger partial charge is 0.323 e. The molecule has 1 saturated heterocycles. The molecule has 2 aromatic rings. The van der Waals surface area contributed by atoms with Crippen LogP contribution in [0.3, 0.4) is 0 Å². The Morgan fingerprint density at radius 1 is 0.935 bits per heavy atom. The summed E-state index contributed by atoms with van der Waals surface area (Å²) in [4.78, 5) is 29.1. The van der Waals surface area contributed by atoms with Gasteiger partial charge in [-0.25, -0.2) is 4.79 Å². The average molecular weight is 425 g/mol. The minimum absolute atomic E-state index is 0.0967. The number of nitrogens with one attached hydrogen (secondary N) is 4. The van der Waals surface area contributed by atoms with E-state index < -0.39 is 0 Å². The highest BCUT2D eigenvalue weighted by Crippen LogP contribution is 2.27. The molecule has 1 heterocycles. The highest BCUT2D eigenvalue weighted by Gasteiger charge is 2.20. The second-order valence-electron chi connectivity index (χ2n) is 7.83. The van der Waals surface area contributed by atoms with Crippen molar-refractivity contribution in [1.29, 1.82) is 0 Å². The topological polar surface area (TPSA) is 77.9 Å². The minimum atomic E-state index is -0.336. The molecule has 0 atom stereocenters. The fourth-order valence-corrected chi connectivity index (χ4v) is 3.90. The van der Waals surface area contributed by atoms with E-state index in [1.165, 1.54) is 4.90 Å². The first kappa shape index (κ1) is 22.6. The molecule has 0 saturated carbocycles. The van der Waals surface area contributed by atoms with Crippen LogP contribution >= 0.6 is 0 Å². The summed E-state index contributed by atoms with van der Waals surface area (Å²) in [5, 5.41) is 8.72. The standard InChI is InChI=1S/C24H33N5O2/c1-3-28(4-2)17-14-25-23(30)21-18-20(12-13-22(21)29-15-8-9-16-29)27-24(31)26-19-10-6-5-7-11-19/h5-7,10-13,18H,3-4,8-9,14-17H2,1-2H3,(H,25,30)(H2,26,27,31)/p+1. The number of anilines is 3. The van der Waals surface area contributed by atoms with Crippen molar-refractivity contribution in [2.45, 2.75) is 26.7 Å². The monoisotopic (exact) mass is 424 g/mol. The SMILES string of the molecule is CC[NH+](CC)CCNC(=O)c1cc(NC(=O)Nc2ccccc2)ccc1N1CCCC1. The molecular formula is C24H34N5O2+. The van der Waals surface area contributed by atoms with Gasteiger partial charge in [-0.15, -0.1) is 0 Å².